The summed E-state index contributed by atoms with van der Waals surface area (Å²) < 4.78 is 5.47. The van der Waals surface area contributed by atoms with Gasteiger partial charge < -0.3 is 15.4 Å². The molecule has 2 heterocycles. The molecule has 1 aliphatic rings. The number of anilines is 2. The van der Waals surface area contributed by atoms with Gasteiger partial charge in [-0.15, -0.1) is 0 Å². The van der Waals surface area contributed by atoms with Crippen LogP contribution >= 0.6 is 0 Å². The summed E-state index contributed by atoms with van der Waals surface area (Å²) in [5, 5.41) is 17.5. The molecule has 0 aliphatic carbocycles. The molecule has 1 aromatic rings. The zero-order valence-corrected chi connectivity index (χ0v) is 12.6. The second kappa shape index (κ2) is 6.21. The largest absolute Gasteiger partial charge is 0.379 e. The monoisotopic (exact) mass is 295 g/mol. The van der Waals surface area contributed by atoms with Crippen molar-refractivity contribution in [1.82, 2.24) is 9.97 Å². The van der Waals surface area contributed by atoms with E-state index < -0.39 is 4.92 Å². The van der Waals surface area contributed by atoms with Crippen LogP contribution in [0.5, 0.6) is 0 Å². The van der Waals surface area contributed by atoms with Crippen LogP contribution in [0.2, 0.25) is 0 Å². The van der Waals surface area contributed by atoms with Crippen molar-refractivity contribution in [2.75, 3.05) is 30.4 Å². The maximum atomic E-state index is 11.3. The molecule has 0 spiro atoms. The molecule has 1 unspecified atom stereocenters. The minimum atomic E-state index is -0.444. The number of hydrogen-bond donors (Lipinski definition) is 2. The van der Waals surface area contributed by atoms with Crippen molar-refractivity contribution in [2.24, 2.45) is 0 Å². The first-order valence-electron chi connectivity index (χ1n) is 7.08. The fourth-order valence-corrected chi connectivity index (χ4v) is 2.43. The second-order valence-corrected chi connectivity index (χ2v) is 5.46. The van der Waals surface area contributed by atoms with Gasteiger partial charge in [0, 0.05) is 13.2 Å². The van der Waals surface area contributed by atoms with E-state index in [0.29, 0.717) is 24.8 Å². The zero-order chi connectivity index (χ0) is 15.5. The van der Waals surface area contributed by atoms with Gasteiger partial charge in [0.15, 0.2) is 0 Å². The fourth-order valence-electron chi connectivity index (χ4n) is 2.43. The van der Waals surface area contributed by atoms with E-state index in [9.17, 15) is 10.1 Å². The van der Waals surface area contributed by atoms with Crippen LogP contribution in [0, 0.1) is 17.0 Å². The average Bonchev–Trinajstić information content (AvgIpc) is 2.38. The van der Waals surface area contributed by atoms with E-state index in [1.807, 2.05) is 13.8 Å². The predicted octanol–water partition coefficient (Wildman–Crippen LogP) is 2.11. The maximum absolute atomic E-state index is 11.3. The van der Waals surface area contributed by atoms with Crippen LogP contribution in [-0.4, -0.2) is 40.2 Å². The Labute approximate surface area is 123 Å². The highest BCUT2D eigenvalue weighted by molar-refractivity contribution is 5.62. The number of ether oxygens (including phenoxy) is 1. The molecule has 0 aromatic carbocycles. The first-order chi connectivity index (χ1) is 9.95. The molecule has 0 saturated carbocycles. The van der Waals surface area contributed by atoms with Crippen LogP contribution in [0.3, 0.4) is 0 Å². The number of nitrogens with zero attached hydrogens (tertiary/aromatic N) is 3. The molecule has 1 saturated heterocycles. The number of nitro groups is 1. The molecule has 116 valence electrons. The Morgan fingerprint density at radius 3 is 2.81 bits per heavy atom. The lowest BCUT2D eigenvalue weighted by atomic mass is 9.95. The standard InChI is InChI=1S/C13H21N5O3/c1-4-14-12-15-9(2)10(18(19)20)11(16-12)17-13(3)6-5-7-21-8-13/h4-8H2,1-3H3,(H2,14,15,16,17). The fraction of sp³-hybridized carbons (Fsp3) is 0.692. The molecule has 1 aliphatic heterocycles. The Hall–Kier alpha value is -1.96. The smallest absolute Gasteiger partial charge is 0.332 e. The van der Waals surface area contributed by atoms with E-state index in [1.165, 1.54) is 0 Å². The van der Waals surface area contributed by atoms with E-state index in [4.69, 9.17) is 4.74 Å². The summed E-state index contributed by atoms with van der Waals surface area (Å²) in [5.41, 5.74) is -0.0926. The normalized spacial score (nSPS) is 21.9. The summed E-state index contributed by atoms with van der Waals surface area (Å²) >= 11 is 0. The van der Waals surface area contributed by atoms with Crippen molar-refractivity contribution in [3.63, 3.8) is 0 Å². The molecule has 1 atom stereocenters. The van der Waals surface area contributed by atoms with E-state index in [-0.39, 0.29) is 17.0 Å². The topological polar surface area (TPSA) is 102 Å². The first-order valence-corrected chi connectivity index (χ1v) is 7.08. The van der Waals surface area contributed by atoms with E-state index in [1.54, 1.807) is 6.92 Å². The Bertz CT molecular complexity index is 529. The Morgan fingerprint density at radius 2 is 2.24 bits per heavy atom. The van der Waals surface area contributed by atoms with E-state index in [2.05, 4.69) is 20.6 Å². The summed E-state index contributed by atoms with van der Waals surface area (Å²) in [7, 11) is 0. The number of hydrogen-bond acceptors (Lipinski definition) is 7. The van der Waals surface area contributed by atoms with Gasteiger partial charge in [-0.25, -0.2) is 4.98 Å². The third kappa shape index (κ3) is 3.57. The first kappa shape index (κ1) is 15.4. The highest BCUT2D eigenvalue weighted by Gasteiger charge is 2.32. The molecule has 1 aromatic heterocycles. The van der Waals surface area contributed by atoms with Crippen LogP contribution in [0.15, 0.2) is 0 Å². The molecule has 21 heavy (non-hydrogen) atoms. The Balaban J connectivity index is 2.36. The van der Waals surface area contributed by atoms with Crippen molar-refractivity contribution < 1.29 is 9.66 Å². The third-order valence-electron chi connectivity index (χ3n) is 3.43. The van der Waals surface area contributed by atoms with Crippen LogP contribution in [0.4, 0.5) is 17.5 Å². The zero-order valence-electron chi connectivity index (χ0n) is 12.6. The predicted molar refractivity (Wildman–Crippen MR) is 79.7 cm³/mol. The van der Waals surface area contributed by atoms with Crippen molar-refractivity contribution in [3.8, 4) is 0 Å². The van der Waals surface area contributed by atoms with Gasteiger partial charge in [-0.1, -0.05) is 0 Å². The average molecular weight is 295 g/mol. The molecular formula is C13H21N5O3. The molecule has 2 N–H and O–H groups in total. The summed E-state index contributed by atoms with van der Waals surface area (Å²) in [5.74, 6) is 0.639. The lowest BCUT2D eigenvalue weighted by Crippen LogP contribution is -2.43. The molecule has 1 fully saturated rings. The van der Waals surface area contributed by atoms with Gasteiger partial charge in [0.25, 0.3) is 0 Å². The Kier molecular flexibility index (Phi) is 4.56. The molecule has 0 radical (unpaired) electrons. The van der Waals surface area contributed by atoms with Crippen molar-refractivity contribution in [3.05, 3.63) is 15.8 Å². The summed E-state index contributed by atoms with van der Waals surface area (Å²) in [4.78, 5) is 19.2. The summed E-state index contributed by atoms with van der Waals surface area (Å²) in [6.45, 7) is 7.40. The van der Waals surface area contributed by atoms with Crippen LogP contribution in [-0.2, 0) is 4.74 Å². The number of rotatable bonds is 5. The highest BCUT2D eigenvalue weighted by atomic mass is 16.6. The number of aryl methyl sites for hydroxylation is 1. The van der Waals surface area contributed by atoms with Gasteiger partial charge >= 0.3 is 5.69 Å². The Morgan fingerprint density at radius 1 is 1.48 bits per heavy atom. The number of aromatic nitrogens is 2. The summed E-state index contributed by atoms with van der Waals surface area (Å²) in [6.07, 6.45) is 1.80. The van der Waals surface area contributed by atoms with Crippen LogP contribution in [0.25, 0.3) is 0 Å². The summed E-state index contributed by atoms with van der Waals surface area (Å²) in [6, 6.07) is 0. The van der Waals surface area contributed by atoms with E-state index >= 15 is 0 Å². The van der Waals surface area contributed by atoms with Crippen LogP contribution in [0.1, 0.15) is 32.4 Å². The number of nitrogens with one attached hydrogen (secondary N) is 2. The quantitative estimate of drug-likeness (QED) is 0.633. The van der Waals surface area contributed by atoms with Crippen LogP contribution < -0.4 is 10.6 Å². The highest BCUT2D eigenvalue weighted by Crippen LogP contribution is 2.31. The van der Waals surface area contributed by atoms with Gasteiger partial charge in [-0.05, 0) is 33.6 Å². The van der Waals surface area contributed by atoms with Crippen molar-refractivity contribution in [1.29, 1.82) is 0 Å². The minimum Gasteiger partial charge on any atom is -0.379 e. The second-order valence-electron chi connectivity index (χ2n) is 5.46. The molecule has 0 amide bonds. The molecular weight excluding hydrogens is 274 g/mol. The molecule has 2 rings (SSSR count). The SMILES string of the molecule is CCNc1nc(C)c([N+](=O)[O-])c(NC2(C)CCCOC2)n1. The lowest BCUT2D eigenvalue weighted by Gasteiger charge is -2.34. The molecule has 8 heteroatoms. The third-order valence-corrected chi connectivity index (χ3v) is 3.43. The minimum absolute atomic E-state index is 0.0801. The van der Waals surface area contributed by atoms with Gasteiger partial charge in [0.05, 0.1) is 17.1 Å². The maximum Gasteiger partial charge on any atom is 0.332 e. The van der Waals surface area contributed by atoms with Crippen molar-refractivity contribution in [2.45, 2.75) is 39.2 Å². The van der Waals surface area contributed by atoms with Gasteiger partial charge in [-0.2, -0.15) is 4.98 Å². The van der Waals surface area contributed by atoms with Crippen molar-refractivity contribution >= 4 is 17.5 Å². The van der Waals surface area contributed by atoms with E-state index in [0.717, 1.165) is 19.4 Å². The molecule has 0 bridgehead atoms. The molecule has 8 nitrogen and oxygen atoms in total. The van der Waals surface area contributed by atoms with Gasteiger partial charge in [-0.3, -0.25) is 10.1 Å². The van der Waals surface area contributed by atoms with Gasteiger partial charge in [0.1, 0.15) is 5.69 Å². The van der Waals surface area contributed by atoms with Gasteiger partial charge in [0.2, 0.25) is 11.8 Å². The lowest BCUT2D eigenvalue weighted by molar-refractivity contribution is -0.385.